The van der Waals surface area contributed by atoms with Gasteiger partial charge in [-0.15, -0.1) is 0 Å². The predicted octanol–water partition coefficient (Wildman–Crippen LogP) is 3.36. The lowest BCUT2D eigenvalue weighted by atomic mass is 9.90. The Morgan fingerprint density at radius 1 is 1.21 bits per heavy atom. The number of carbonyl (C=O) groups is 1. The van der Waals surface area contributed by atoms with E-state index in [9.17, 15) is 9.18 Å². The first kappa shape index (κ1) is 20.1. The van der Waals surface area contributed by atoms with Gasteiger partial charge in [-0.2, -0.15) is 5.10 Å². The molecule has 1 aromatic carbocycles. The van der Waals surface area contributed by atoms with Gasteiger partial charge in [0.25, 0.3) is 5.91 Å². The second-order valence-electron chi connectivity index (χ2n) is 8.21. The average Bonchev–Trinajstić information content (AvgIpc) is 3.13. The molecule has 2 aliphatic rings. The zero-order valence-electron chi connectivity index (χ0n) is 17.3. The maximum absolute atomic E-state index is 13.1. The quantitative estimate of drug-likeness (QED) is 0.812. The summed E-state index contributed by atoms with van der Waals surface area (Å²) in [4.78, 5) is 15.1. The van der Waals surface area contributed by atoms with Crippen molar-refractivity contribution in [1.29, 1.82) is 0 Å². The van der Waals surface area contributed by atoms with Crippen molar-refractivity contribution in [3.05, 3.63) is 52.6 Å². The normalized spacial score (nSPS) is 19.2. The number of carbonyl (C=O) groups excluding carboxylic acids is 1. The zero-order chi connectivity index (χ0) is 20.2. The number of benzene rings is 1. The number of piperidine rings is 1. The molecule has 2 heterocycles. The average molecular weight is 399 g/mol. The number of fused-ring (bicyclic) bond motifs is 1. The van der Waals surface area contributed by atoms with Gasteiger partial charge in [-0.1, -0.05) is 12.1 Å². The lowest BCUT2D eigenvalue weighted by Gasteiger charge is -2.27. The van der Waals surface area contributed by atoms with Gasteiger partial charge in [0.1, 0.15) is 5.82 Å². The van der Waals surface area contributed by atoms with E-state index in [1.807, 2.05) is 21.7 Å². The topological polar surface area (TPSA) is 50.2 Å². The molecule has 1 amide bonds. The van der Waals surface area contributed by atoms with E-state index in [2.05, 4.69) is 12.2 Å². The van der Waals surface area contributed by atoms with Crippen LogP contribution in [-0.2, 0) is 25.8 Å². The third-order valence-electron chi connectivity index (χ3n) is 6.25. The number of aromatic nitrogens is 2. The van der Waals surface area contributed by atoms with Crippen molar-refractivity contribution in [1.82, 2.24) is 20.0 Å². The fraction of sp³-hybridized carbons (Fsp3) is 0.565. The first-order valence-electron chi connectivity index (χ1n) is 11.0. The SMILES string of the molecule is CCn1nc(C(=O)N2CCCCC2)c2c1CCC(NCCc1ccc(F)cc1)C2. The number of likely N-dealkylation sites (tertiary alicyclic amines) is 1. The van der Waals surface area contributed by atoms with E-state index in [1.165, 1.54) is 24.2 Å². The molecule has 1 atom stereocenters. The second-order valence-corrected chi connectivity index (χ2v) is 8.21. The van der Waals surface area contributed by atoms with Gasteiger partial charge in [0.15, 0.2) is 5.69 Å². The number of hydrogen-bond donors (Lipinski definition) is 1. The van der Waals surface area contributed by atoms with Crippen LogP contribution in [0.4, 0.5) is 4.39 Å². The standard InChI is InChI=1S/C23H31FN4O/c1-2-28-21-11-10-19(25-13-12-17-6-8-18(24)9-7-17)16-20(21)22(26-28)23(29)27-14-4-3-5-15-27/h6-9,19,25H,2-5,10-16H2,1H3. The summed E-state index contributed by atoms with van der Waals surface area (Å²) in [5.41, 5.74) is 4.20. The Bertz CT molecular complexity index is 839. The molecule has 0 bridgehead atoms. The molecule has 6 heteroatoms. The van der Waals surface area contributed by atoms with Gasteiger partial charge >= 0.3 is 0 Å². The van der Waals surface area contributed by atoms with Crippen LogP contribution < -0.4 is 5.32 Å². The third kappa shape index (κ3) is 4.53. The number of nitrogens with one attached hydrogen (secondary N) is 1. The molecule has 29 heavy (non-hydrogen) atoms. The van der Waals surface area contributed by atoms with Crippen molar-refractivity contribution < 1.29 is 9.18 Å². The van der Waals surface area contributed by atoms with E-state index in [0.717, 1.165) is 75.8 Å². The van der Waals surface area contributed by atoms with Gasteiger partial charge in [-0.25, -0.2) is 4.39 Å². The van der Waals surface area contributed by atoms with Crippen LogP contribution in [0.1, 0.15) is 59.9 Å². The molecule has 1 saturated heterocycles. The summed E-state index contributed by atoms with van der Waals surface area (Å²) in [5, 5.41) is 8.36. The number of aryl methyl sites for hydroxylation is 1. The number of hydrogen-bond acceptors (Lipinski definition) is 3. The molecule has 5 nitrogen and oxygen atoms in total. The molecule has 156 valence electrons. The van der Waals surface area contributed by atoms with Crippen LogP contribution in [0.3, 0.4) is 0 Å². The Morgan fingerprint density at radius 2 is 1.97 bits per heavy atom. The first-order chi connectivity index (χ1) is 14.2. The molecule has 1 aromatic heterocycles. The number of nitrogens with zero attached hydrogens (tertiary/aromatic N) is 3. The van der Waals surface area contributed by atoms with Crippen LogP contribution in [-0.4, -0.2) is 46.3 Å². The van der Waals surface area contributed by atoms with Gasteiger partial charge in [0.2, 0.25) is 0 Å². The molecule has 0 spiro atoms. The maximum Gasteiger partial charge on any atom is 0.274 e. The molecule has 1 aliphatic carbocycles. The summed E-state index contributed by atoms with van der Waals surface area (Å²) in [6.45, 7) is 5.45. The molecule has 0 radical (unpaired) electrons. The fourth-order valence-corrected chi connectivity index (χ4v) is 4.61. The van der Waals surface area contributed by atoms with Crippen LogP contribution >= 0.6 is 0 Å². The van der Waals surface area contributed by atoms with Crippen LogP contribution in [0.2, 0.25) is 0 Å². The number of rotatable bonds is 6. The van der Waals surface area contributed by atoms with Crippen LogP contribution in [0.25, 0.3) is 0 Å². The molecular formula is C23H31FN4O. The van der Waals surface area contributed by atoms with Crippen molar-refractivity contribution in [3.63, 3.8) is 0 Å². The highest BCUT2D eigenvalue weighted by Gasteiger charge is 2.31. The van der Waals surface area contributed by atoms with Gasteiger partial charge in [-0.05, 0) is 76.1 Å². The summed E-state index contributed by atoms with van der Waals surface area (Å²) in [7, 11) is 0. The van der Waals surface area contributed by atoms with E-state index in [4.69, 9.17) is 5.10 Å². The monoisotopic (exact) mass is 398 g/mol. The Balaban J connectivity index is 1.42. The van der Waals surface area contributed by atoms with Gasteiger partial charge < -0.3 is 10.2 Å². The largest absolute Gasteiger partial charge is 0.337 e. The van der Waals surface area contributed by atoms with Crippen LogP contribution in [0.5, 0.6) is 0 Å². The van der Waals surface area contributed by atoms with Crippen LogP contribution in [0.15, 0.2) is 24.3 Å². The van der Waals surface area contributed by atoms with Crippen molar-refractivity contribution in [2.24, 2.45) is 0 Å². The Morgan fingerprint density at radius 3 is 2.69 bits per heavy atom. The number of amides is 1. The lowest BCUT2D eigenvalue weighted by Crippen LogP contribution is -2.38. The molecular weight excluding hydrogens is 367 g/mol. The highest BCUT2D eigenvalue weighted by atomic mass is 19.1. The van der Waals surface area contributed by atoms with Crippen molar-refractivity contribution in [2.75, 3.05) is 19.6 Å². The van der Waals surface area contributed by atoms with E-state index in [0.29, 0.717) is 11.7 Å². The third-order valence-corrected chi connectivity index (χ3v) is 6.25. The molecule has 0 saturated carbocycles. The summed E-state index contributed by atoms with van der Waals surface area (Å²) in [6.07, 6.45) is 7.14. The molecule has 2 aromatic rings. The maximum atomic E-state index is 13.1. The summed E-state index contributed by atoms with van der Waals surface area (Å²) >= 11 is 0. The van der Waals surface area contributed by atoms with Crippen molar-refractivity contribution in [3.8, 4) is 0 Å². The molecule has 4 rings (SSSR count). The minimum atomic E-state index is -0.194. The molecule has 1 aliphatic heterocycles. The highest BCUT2D eigenvalue weighted by Crippen LogP contribution is 2.26. The Hall–Kier alpha value is -2.21. The van der Waals surface area contributed by atoms with Crippen molar-refractivity contribution in [2.45, 2.75) is 64.5 Å². The Labute approximate surface area is 172 Å². The summed E-state index contributed by atoms with van der Waals surface area (Å²) < 4.78 is 15.1. The lowest BCUT2D eigenvalue weighted by molar-refractivity contribution is 0.0716. The van der Waals surface area contributed by atoms with Crippen LogP contribution in [0, 0.1) is 5.82 Å². The molecule has 1 N–H and O–H groups in total. The summed E-state index contributed by atoms with van der Waals surface area (Å²) in [5.74, 6) is -0.0829. The smallest absolute Gasteiger partial charge is 0.274 e. The van der Waals surface area contributed by atoms with Gasteiger partial charge in [0, 0.05) is 36.9 Å². The molecule has 1 fully saturated rings. The minimum Gasteiger partial charge on any atom is -0.337 e. The fourth-order valence-electron chi connectivity index (χ4n) is 4.61. The van der Waals surface area contributed by atoms with E-state index < -0.39 is 0 Å². The zero-order valence-corrected chi connectivity index (χ0v) is 17.3. The molecule has 1 unspecified atom stereocenters. The Kier molecular flexibility index (Phi) is 6.28. The minimum absolute atomic E-state index is 0.111. The predicted molar refractivity (Wildman–Crippen MR) is 112 cm³/mol. The van der Waals surface area contributed by atoms with E-state index >= 15 is 0 Å². The number of halogens is 1. The van der Waals surface area contributed by atoms with Crippen molar-refractivity contribution >= 4 is 5.91 Å². The van der Waals surface area contributed by atoms with E-state index in [-0.39, 0.29) is 11.7 Å². The highest BCUT2D eigenvalue weighted by molar-refractivity contribution is 5.94. The summed E-state index contributed by atoms with van der Waals surface area (Å²) in [6, 6.07) is 7.07. The first-order valence-corrected chi connectivity index (χ1v) is 11.0. The second kappa shape index (κ2) is 9.08. The van der Waals surface area contributed by atoms with E-state index in [1.54, 1.807) is 0 Å². The van der Waals surface area contributed by atoms with Gasteiger partial charge in [-0.3, -0.25) is 9.48 Å². The van der Waals surface area contributed by atoms with Gasteiger partial charge in [0.05, 0.1) is 0 Å².